The predicted octanol–water partition coefficient (Wildman–Crippen LogP) is 2.78. The molecule has 1 saturated heterocycles. The minimum Gasteiger partial charge on any atom is -0.450 e. The summed E-state index contributed by atoms with van der Waals surface area (Å²) in [5.74, 6) is -1.69. The summed E-state index contributed by atoms with van der Waals surface area (Å²) in [7, 11) is 0. The van der Waals surface area contributed by atoms with E-state index >= 15 is 0 Å². The Morgan fingerprint density at radius 1 is 1.17 bits per heavy atom. The SMILES string of the molecule is Cc1c(C(=O)OCC(=O)N2CCC[C@H](C(N)=O)C2)oc2c1ccc1ccccc12. The van der Waals surface area contributed by atoms with E-state index in [2.05, 4.69) is 0 Å². The van der Waals surface area contributed by atoms with Crippen molar-refractivity contribution in [2.75, 3.05) is 19.7 Å². The van der Waals surface area contributed by atoms with E-state index < -0.39 is 18.5 Å². The number of ether oxygens (including phenoxy) is 1. The van der Waals surface area contributed by atoms with E-state index in [-0.39, 0.29) is 24.1 Å². The van der Waals surface area contributed by atoms with Crippen molar-refractivity contribution in [1.82, 2.24) is 4.90 Å². The van der Waals surface area contributed by atoms with Crippen LogP contribution >= 0.6 is 0 Å². The van der Waals surface area contributed by atoms with Gasteiger partial charge < -0.3 is 19.8 Å². The number of fused-ring (bicyclic) bond motifs is 3. The molecule has 1 atom stereocenters. The van der Waals surface area contributed by atoms with Gasteiger partial charge in [-0.15, -0.1) is 0 Å². The number of rotatable bonds is 4. The van der Waals surface area contributed by atoms with Crippen LogP contribution in [0, 0.1) is 12.8 Å². The number of amides is 2. The number of furan rings is 1. The van der Waals surface area contributed by atoms with Crippen LogP contribution in [0.1, 0.15) is 29.0 Å². The summed E-state index contributed by atoms with van der Waals surface area (Å²) >= 11 is 0. The zero-order valence-electron chi connectivity index (χ0n) is 16.1. The smallest absolute Gasteiger partial charge is 0.375 e. The number of esters is 1. The second kappa shape index (κ2) is 7.58. The molecule has 29 heavy (non-hydrogen) atoms. The molecule has 2 aromatic carbocycles. The Labute approximate surface area is 167 Å². The largest absolute Gasteiger partial charge is 0.450 e. The molecule has 1 aliphatic heterocycles. The van der Waals surface area contributed by atoms with Crippen LogP contribution in [-0.4, -0.2) is 42.4 Å². The standard InChI is InChI=1S/C22H22N2O5/c1-13-16-9-8-14-5-2-3-7-17(14)20(16)29-19(13)22(27)28-12-18(25)24-10-4-6-15(11-24)21(23)26/h2-3,5,7-9,15H,4,6,10-12H2,1H3,(H2,23,26)/t15-/m0/s1. The average molecular weight is 394 g/mol. The maximum atomic E-state index is 12.6. The Bertz CT molecular complexity index is 1120. The van der Waals surface area contributed by atoms with E-state index in [9.17, 15) is 14.4 Å². The quantitative estimate of drug-likeness (QED) is 0.686. The van der Waals surface area contributed by atoms with Crippen LogP contribution in [0.25, 0.3) is 21.7 Å². The number of benzene rings is 2. The fraction of sp³-hybridized carbons (Fsp3) is 0.318. The Balaban J connectivity index is 1.49. The minimum atomic E-state index is -0.681. The number of likely N-dealkylation sites (tertiary alicyclic amines) is 1. The normalized spacial score (nSPS) is 16.9. The predicted molar refractivity (Wildman–Crippen MR) is 107 cm³/mol. The molecule has 150 valence electrons. The number of nitrogens with zero attached hydrogens (tertiary/aromatic N) is 1. The number of carbonyl (C=O) groups is 3. The van der Waals surface area contributed by atoms with Crippen molar-refractivity contribution >= 4 is 39.5 Å². The summed E-state index contributed by atoms with van der Waals surface area (Å²) in [6.07, 6.45) is 1.37. The molecule has 2 N–H and O–H groups in total. The van der Waals surface area contributed by atoms with E-state index in [1.165, 1.54) is 4.90 Å². The molecule has 1 aliphatic rings. The number of nitrogens with two attached hydrogens (primary N) is 1. The van der Waals surface area contributed by atoms with E-state index in [1.807, 2.05) is 36.4 Å². The van der Waals surface area contributed by atoms with Crippen molar-refractivity contribution < 1.29 is 23.5 Å². The summed E-state index contributed by atoms with van der Waals surface area (Å²) in [5.41, 5.74) is 6.65. The van der Waals surface area contributed by atoms with Crippen molar-refractivity contribution in [3.05, 3.63) is 47.7 Å². The number of hydrogen-bond donors (Lipinski definition) is 1. The van der Waals surface area contributed by atoms with Gasteiger partial charge in [0.25, 0.3) is 5.91 Å². The number of primary amides is 1. The zero-order chi connectivity index (χ0) is 20.5. The highest BCUT2D eigenvalue weighted by molar-refractivity contribution is 6.08. The highest BCUT2D eigenvalue weighted by Gasteiger charge is 2.28. The number of carbonyl (C=O) groups excluding carboxylic acids is 3. The van der Waals surface area contributed by atoms with E-state index in [0.717, 1.165) is 16.2 Å². The molecule has 1 aromatic heterocycles. The molecule has 0 spiro atoms. The molecular formula is C22H22N2O5. The third kappa shape index (κ3) is 3.55. The first-order valence-electron chi connectivity index (χ1n) is 9.60. The van der Waals surface area contributed by atoms with Crippen molar-refractivity contribution in [1.29, 1.82) is 0 Å². The summed E-state index contributed by atoms with van der Waals surface area (Å²) in [6, 6.07) is 11.6. The first-order chi connectivity index (χ1) is 14.0. The van der Waals surface area contributed by atoms with Crippen LogP contribution in [0.5, 0.6) is 0 Å². The minimum absolute atomic E-state index is 0.0952. The van der Waals surface area contributed by atoms with Gasteiger partial charge in [-0.25, -0.2) is 4.79 Å². The summed E-state index contributed by atoms with van der Waals surface area (Å²) in [5, 5.41) is 2.76. The van der Waals surface area contributed by atoms with Gasteiger partial charge in [0.1, 0.15) is 5.58 Å². The Morgan fingerprint density at radius 2 is 1.97 bits per heavy atom. The summed E-state index contributed by atoms with van der Waals surface area (Å²) in [6.45, 7) is 2.18. The molecule has 0 saturated carbocycles. The van der Waals surface area contributed by atoms with Gasteiger partial charge in [-0.2, -0.15) is 0 Å². The first kappa shape index (κ1) is 19.0. The second-order valence-electron chi connectivity index (χ2n) is 7.38. The second-order valence-corrected chi connectivity index (χ2v) is 7.38. The Morgan fingerprint density at radius 3 is 2.76 bits per heavy atom. The molecular weight excluding hydrogens is 372 g/mol. The Hall–Kier alpha value is -3.35. The van der Waals surface area contributed by atoms with Gasteiger partial charge in [0, 0.05) is 29.4 Å². The lowest BCUT2D eigenvalue weighted by Gasteiger charge is -2.30. The third-order valence-corrected chi connectivity index (χ3v) is 5.52. The van der Waals surface area contributed by atoms with Gasteiger partial charge in [-0.1, -0.05) is 36.4 Å². The third-order valence-electron chi connectivity index (χ3n) is 5.52. The molecule has 0 radical (unpaired) electrons. The van der Waals surface area contributed by atoms with Crippen LogP contribution < -0.4 is 5.73 Å². The van der Waals surface area contributed by atoms with Crippen LogP contribution in [0.3, 0.4) is 0 Å². The van der Waals surface area contributed by atoms with Crippen LogP contribution in [0.2, 0.25) is 0 Å². The molecule has 4 rings (SSSR count). The van der Waals surface area contributed by atoms with E-state index in [1.54, 1.807) is 6.92 Å². The van der Waals surface area contributed by atoms with Gasteiger partial charge in [-0.3, -0.25) is 9.59 Å². The number of hydrogen-bond acceptors (Lipinski definition) is 5. The monoisotopic (exact) mass is 394 g/mol. The van der Waals surface area contributed by atoms with E-state index in [0.29, 0.717) is 30.5 Å². The number of aryl methyl sites for hydroxylation is 1. The molecule has 0 aliphatic carbocycles. The van der Waals surface area contributed by atoms with Gasteiger partial charge >= 0.3 is 5.97 Å². The molecule has 2 amide bonds. The van der Waals surface area contributed by atoms with Crippen molar-refractivity contribution in [3.8, 4) is 0 Å². The molecule has 2 heterocycles. The lowest BCUT2D eigenvalue weighted by Crippen LogP contribution is -2.45. The lowest BCUT2D eigenvalue weighted by atomic mass is 9.97. The highest BCUT2D eigenvalue weighted by Crippen LogP contribution is 2.32. The van der Waals surface area contributed by atoms with Gasteiger partial charge in [0.2, 0.25) is 11.7 Å². The summed E-state index contributed by atoms with van der Waals surface area (Å²) in [4.78, 5) is 37.9. The fourth-order valence-electron chi connectivity index (χ4n) is 3.86. The van der Waals surface area contributed by atoms with Crippen LogP contribution in [-0.2, 0) is 14.3 Å². The molecule has 7 heteroatoms. The highest BCUT2D eigenvalue weighted by atomic mass is 16.5. The maximum Gasteiger partial charge on any atom is 0.375 e. The fourth-order valence-corrected chi connectivity index (χ4v) is 3.86. The van der Waals surface area contributed by atoms with Crippen LogP contribution in [0.4, 0.5) is 0 Å². The van der Waals surface area contributed by atoms with Gasteiger partial charge in [0.05, 0.1) is 5.92 Å². The molecule has 7 nitrogen and oxygen atoms in total. The molecule has 3 aromatic rings. The van der Waals surface area contributed by atoms with Crippen molar-refractivity contribution in [2.45, 2.75) is 19.8 Å². The Kier molecular flexibility index (Phi) is 4.96. The van der Waals surface area contributed by atoms with Gasteiger partial charge in [-0.05, 0) is 25.2 Å². The maximum absolute atomic E-state index is 12.6. The zero-order valence-corrected chi connectivity index (χ0v) is 16.1. The van der Waals surface area contributed by atoms with E-state index in [4.69, 9.17) is 14.9 Å². The molecule has 0 bridgehead atoms. The molecule has 0 unspecified atom stereocenters. The first-order valence-corrected chi connectivity index (χ1v) is 9.60. The summed E-state index contributed by atoms with van der Waals surface area (Å²) < 4.78 is 11.1. The lowest BCUT2D eigenvalue weighted by molar-refractivity contribution is -0.137. The number of piperidine rings is 1. The van der Waals surface area contributed by atoms with Crippen LogP contribution in [0.15, 0.2) is 40.8 Å². The van der Waals surface area contributed by atoms with Gasteiger partial charge in [0.15, 0.2) is 6.61 Å². The molecule has 1 fully saturated rings. The van der Waals surface area contributed by atoms with Crippen molar-refractivity contribution in [2.24, 2.45) is 11.7 Å². The van der Waals surface area contributed by atoms with Crippen molar-refractivity contribution in [3.63, 3.8) is 0 Å². The average Bonchev–Trinajstić information content (AvgIpc) is 3.09. The topological polar surface area (TPSA) is 103 Å².